The molecule has 0 saturated heterocycles. The third kappa shape index (κ3) is 4.01. The molecule has 0 radical (unpaired) electrons. The van der Waals surface area contributed by atoms with Gasteiger partial charge in [-0.15, -0.1) is 0 Å². The van der Waals surface area contributed by atoms with Gasteiger partial charge in [-0.25, -0.2) is 8.42 Å². The number of fused-ring (bicyclic) bond motifs is 2. The molecule has 2 aromatic carbocycles. The van der Waals surface area contributed by atoms with Crippen LogP contribution in [-0.2, 0) is 21.2 Å². The molecule has 1 aliphatic carbocycles. The Morgan fingerprint density at radius 3 is 2.80 bits per heavy atom. The van der Waals surface area contributed by atoms with Crippen LogP contribution in [0.1, 0.15) is 30.0 Å². The van der Waals surface area contributed by atoms with Crippen LogP contribution >= 0.6 is 0 Å². The fourth-order valence-corrected chi connectivity index (χ4v) is 5.07. The van der Waals surface area contributed by atoms with Crippen molar-refractivity contribution in [3.63, 3.8) is 0 Å². The van der Waals surface area contributed by atoms with Gasteiger partial charge in [-0.2, -0.15) is 4.31 Å². The molecule has 30 heavy (non-hydrogen) atoms. The third-order valence-electron chi connectivity index (χ3n) is 5.47. The summed E-state index contributed by atoms with van der Waals surface area (Å²) in [5.74, 6) is -0.340. The molecular weight excluding hydrogens is 402 g/mol. The first-order valence-corrected chi connectivity index (χ1v) is 11.3. The summed E-state index contributed by atoms with van der Waals surface area (Å²) in [6.07, 6.45) is 2.81. The standard InChI is InChI=1S/C22H23N3O4S/c1-25(14-22(27)24-20-8-4-6-15-5-2-3-7-18(15)20)30(28,29)17-10-11-19-16(13-17)9-12-21(26)23-19/h2-3,5,7,9-13,20H,4,6,8,14H2,1H3,(H,23,26)(H,24,27)/t20-/m0/s1. The number of benzene rings is 2. The van der Waals surface area contributed by atoms with E-state index in [1.54, 1.807) is 12.1 Å². The molecule has 0 spiro atoms. The van der Waals surface area contributed by atoms with Crippen molar-refractivity contribution in [3.05, 3.63) is 76.1 Å². The molecule has 7 nitrogen and oxygen atoms in total. The molecule has 0 saturated carbocycles. The predicted octanol–water partition coefficient (Wildman–Crippen LogP) is 2.34. The molecule has 1 amide bonds. The van der Waals surface area contributed by atoms with E-state index in [4.69, 9.17) is 0 Å². The van der Waals surface area contributed by atoms with Crippen LogP contribution in [0.2, 0.25) is 0 Å². The fourth-order valence-electron chi connectivity index (χ4n) is 3.90. The van der Waals surface area contributed by atoms with E-state index < -0.39 is 10.0 Å². The Bertz CT molecular complexity index is 1270. The third-order valence-corrected chi connectivity index (χ3v) is 7.27. The van der Waals surface area contributed by atoms with Gasteiger partial charge in [0.25, 0.3) is 0 Å². The van der Waals surface area contributed by atoms with Gasteiger partial charge in [-0.1, -0.05) is 24.3 Å². The van der Waals surface area contributed by atoms with Crippen molar-refractivity contribution >= 4 is 26.8 Å². The lowest BCUT2D eigenvalue weighted by atomic mass is 9.88. The quantitative estimate of drug-likeness (QED) is 0.655. The number of aryl methyl sites for hydroxylation is 1. The Kier molecular flexibility index (Phi) is 5.44. The predicted molar refractivity (Wildman–Crippen MR) is 115 cm³/mol. The van der Waals surface area contributed by atoms with Crippen molar-refractivity contribution in [2.45, 2.75) is 30.2 Å². The molecule has 4 rings (SSSR count). The van der Waals surface area contributed by atoms with E-state index >= 15 is 0 Å². The first kappa shape index (κ1) is 20.3. The van der Waals surface area contributed by atoms with Crippen molar-refractivity contribution in [2.75, 3.05) is 13.6 Å². The number of nitrogens with zero attached hydrogens (tertiary/aromatic N) is 1. The Morgan fingerprint density at radius 2 is 1.97 bits per heavy atom. The SMILES string of the molecule is CN(CC(=O)N[C@H]1CCCc2ccccc21)S(=O)(=O)c1ccc2[nH]c(=O)ccc2c1. The fraction of sp³-hybridized carbons (Fsp3) is 0.273. The molecule has 0 aliphatic heterocycles. The molecule has 3 aromatic rings. The summed E-state index contributed by atoms with van der Waals surface area (Å²) in [6.45, 7) is -0.273. The molecule has 1 heterocycles. The largest absolute Gasteiger partial charge is 0.348 e. The van der Waals surface area contributed by atoms with E-state index in [1.807, 2.05) is 18.2 Å². The van der Waals surface area contributed by atoms with Gasteiger partial charge in [0.2, 0.25) is 21.5 Å². The summed E-state index contributed by atoms with van der Waals surface area (Å²) in [6, 6.07) is 15.3. The first-order chi connectivity index (χ1) is 14.3. The molecule has 0 fully saturated rings. The van der Waals surface area contributed by atoms with Crippen LogP contribution in [0.25, 0.3) is 10.9 Å². The van der Waals surface area contributed by atoms with E-state index in [1.165, 1.54) is 30.8 Å². The minimum atomic E-state index is -3.86. The van der Waals surface area contributed by atoms with Crippen molar-refractivity contribution in [1.82, 2.24) is 14.6 Å². The molecule has 156 valence electrons. The van der Waals surface area contributed by atoms with Crippen LogP contribution in [-0.4, -0.2) is 37.2 Å². The number of carbonyl (C=O) groups excluding carboxylic acids is 1. The van der Waals surface area contributed by atoms with E-state index in [0.29, 0.717) is 10.9 Å². The average Bonchev–Trinajstić information content (AvgIpc) is 2.73. The van der Waals surface area contributed by atoms with Gasteiger partial charge in [0.1, 0.15) is 0 Å². The van der Waals surface area contributed by atoms with Gasteiger partial charge in [0.05, 0.1) is 17.5 Å². The number of nitrogens with one attached hydrogen (secondary N) is 2. The summed E-state index contributed by atoms with van der Waals surface area (Å²) < 4.78 is 26.9. The highest BCUT2D eigenvalue weighted by Crippen LogP contribution is 2.29. The monoisotopic (exact) mass is 425 g/mol. The van der Waals surface area contributed by atoms with Crippen LogP contribution in [0.3, 0.4) is 0 Å². The lowest BCUT2D eigenvalue weighted by Gasteiger charge is -2.27. The van der Waals surface area contributed by atoms with Gasteiger partial charge < -0.3 is 10.3 Å². The first-order valence-electron chi connectivity index (χ1n) is 9.81. The summed E-state index contributed by atoms with van der Waals surface area (Å²) in [5.41, 5.74) is 2.63. The highest BCUT2D eigenvalue weighted by atomic mass is 32.2. The number of rotatable bonds is 5. The van der Waals surface area contributed by atoms with Gasteiger partial charge in [0, 0.05) is 18.6 Å². The lowest BCUT2D eigenvalue weighted by Crippen LogP contribution is -2.40. The average molecular weight is 426 g/mol. The number of amides is 1. The number of carbonyl (C=O) groups is 1. The number of hydrogen-bond donors (Lipinski definition) is 2. The van der Waals surface area contributed by atoms with E-state index in [2.05, 4.69) is 16.4 Å². The van der Waals surface area contributed by atoms with E-state index in [-0.39, 0.29) is 28.9 Å². The summed E-state index contributed by atoms with van der Waals surface area (Å²) in [5, 5.41) is 3.58. The Labute approximate surface area is 174 Å². The van der Waals surface area contributed by atoms with E-state index in [0.717, 1.165) is 29.1 Å². The highest BCUT2D eigenvalue weighted by molar-refractivity contribution is 7.89. The number of pyridine rings is 1. The number of hydrogen-bond acceptors (Lipinski definition) is 4. The second-order valence-electron chi connectivity index (χ2n) is 7.54. The number of aromatic nitrogens is 1. The smallest absolute Gasteiger partial charge is 0.248 e. The van der Waals surface area contributed by atoms with Gasteiger partial charge in [-0.3, -0.25) is 9.59 Å². The minimum absolute atomic E-state index is 0.0698. The van der Waals surface area contributed by atoms with Gasteiger partial charge >= 0.3 is 0 Å². The zero-order chi connectivity index (χ0) is 21.3. The molecule has 1 aromatic heterocycles. The Morgan fingerprint density at radius 1 is 1.17 bits per heavy atom. The van der Waals surface area contributed by atoms with Crippen LogP contribution in [0, 0.1) is 0 Å². The normalized spacial score (nSPS) is 16.4. The molecular formula is C22H23N3O4S. The second kappa shape index (κ2) is 8.04. The molecule has 1 aliphatic rings. The molecule has 1 atom stereocenters. The number of aromatic amines is 1. The summed E-state index contributed by atoms with van der Waals surface area (Å²) in [7, 11) is -2.47. The molecule has 0 bridgehead atoms. The topological polar surface area (TPSA) is 99.3 Å². The van der Waals surface area contributed by atoms with Crippen LogP contribution in [0.15, 0.2) is 64.3 Å². The van der Waals surface area contributed by atoms with Gasteiger partial charge in [-0.05, 0) is 60.0 Å². The van der Waals surface area contributed by atoms with Crippen molar-refractivity contribution in [2.24, 2.45) is 0 Å². The van der Waals surface area contributed by atoms with Crippen molar-refractivity contribution < 1.29 is 13.2 Å². The zero-order valence-corrected chi connectivity index (χ0v) is 17.4. The molecule has 0 unspecified atom stereocenters. The summed E-state index contributed by atoms with van der Waals surface area (Å²) >= 11 is 0. The van der Waals surface area contributed by atoms with Crippen molar-refractivity contribution in [3.8, 4) is 0 Å². The van der Waals surface area contributed by atoms with E-state index in [9.17, 15) is 18.0 Å². The maximum Gasteiger partial charge on any atom is 0.248 e. The lowest BCUT2D eigenvalue weighted by molar-refractivity contribution is -0.122. The maximum absolute atomic E-state index is 12.9. The Hall–Kier alpha value is -2.97. The number of likely N-dealkylation sites (N-methyl/N-ethyl adjacent to an activating group) is 1. The van der Waals surface area contributed by atoms with Crippen molar-refractivity contribution in [1.29, 1.82) is 0 Å². The minimum Gasteiger partial charge on any atom is -0.348 e. The maximum atomic E-state index is 12.9. The van der Waals surface area contributed by atoms with Crippen LogP contribution in [0.5, 0.6) is 0 Å². The van der Waals surface area contributed by atoms with Gasteiger partial charge in [0.15, 0.2) is 0 Å². The number of sulfonamides is 1. The summed E-state index contributed by atoms with van der Waals surface area (Å²) in [4.78, 5) is 26.7. The zero-order valence-electron chi connectivity index (χ0n) is 16.6. The highest BCUT2D eigenvalue weighted by Gasteiger charge is 2.26. The molecule has 8 heteroatoms. The Balaban J connectivity index is 1.49. The molecule has 2 N–H and O–H groups in total. The van der Waals surface area contributed by atoms with Crippen LogP contribution < -0.4 is 10.9 Å². The van der Waals surface area contributed by atoms with Crippen LogP contribution in [0.4, 0.5) is 0 Å². The number of H-pyrrole nitrogens is 1. The second-order valence-corrected chi connectivity index (χ2v) is 9.59.